The van der Waals surface area contributed by atoms with Crippen LogP contribution in [0.4, 0.5) is 0 Å². The molecule has 0 aliphatic carbocycles. The fourth-order valence-corrected chi connectivity index (χ4v) is 3.40. The van der Waals surface area contributed by atoms with Crippen LogP contribution in [0.15, 0.2) is 0 Å². The van der Waals surface area contributed by atoms with Crippen LogP contribution in [0.1, 0.15) is 33.6 Å². The molecule has 118 valence electrons. The van der Waals surface area contributed by atoms with Crippen LogP contribution in [0.25, 0.3) is 0 Å². The Labute approximate surface area is 125 Å². The lowest BCUT2D eigenvalue weighted by Crippen LogP contribution is -2.51. The molecule has 21 heavy (non-hydrogen) atoms. The van der Waals surface area contributed by atoms with Gasteiger partial charge in [-0.3, -0.25) is 14.4 Å². The molecule has 0 radical (unpaired) electrons. The Morgan fingerprint density at radius 1 is 1.29 bits per heavy atom. The van der Waals surface area contributed by atoms with Crippen molar-refractivity contribution < 1.29 is 19.5 Å². The van der Waals surface area contributed by atoms with Gasteiger partial charge in [0.1, 0.15) is 6.04 Å². The van der Waals surface area contributed by atoms with Gasteiger partial charge in [0.25, 0.3) is 0 Å². The molecule has 0 saturated carbocycles. The molecular weight excluding hydrogens is 272 g/mol. The number of hydrogen-bond donors (Lipinski definition) is 1. The lowest BCUT2D eigenvalue weighted by molar-refractivity contribution is -0.146. The molecule has 0 aromatic heterocycles. The van der Waals surface area contributed by atoms with E-state index in [-0.39, 0.29) is 30.2 Å². The molecule has 1 N–H and O–H groups in total. The number of aliphatic carboxylic acids is 1. The fourth-order valence-electron chi connectivity index (χ4n) is 3.40. The predicted octanol–water partition coefficient (Wildman–Crippen LogP) is 0.812. The summed E-state index contributed by atoms with van der Waals surface area (Å²) in [6.45, 7) is 7.06. The number of likely N-dealkylation sites (tertiary alicyclic amines) is 2. The molecule has 2 aliphatic rings. The molecule has 0 aromatic rings. The van der Waals surface area contributed by atoms with Gasteiger partial charge in [-0.15, -0.1) is 0 Å². The van der Waals surface area contributed by atoms with Crippen molar-refractivity contribution in [3.05, 3.63) is 0 Å². The molecule has 2 amide bonds. The second kappa shape index (κ2) is 6.03. The highest BCUT2D eigenvalue weighted by Gasteiger charge is 2.42. The molecule has 2 fully saturated rings. The fraction of sp³-hybridized carbons (Fsp3) is 0.800. The Hall–Kier alpha value is -1.59. The largest absolute Gasteiger partial charge is 0.481 e. The minimum Gasteiger partial charge on any atom is -0.481 e. The van der Waals surface area contributed by atoms with Crippen LogP contribution in [-0.4, -0.2) is 58.4 Å². The van der Waals surface area contributed by atoms with E-state index in [0.29, 0.717) is 19.5 Å². The molecule has 2 saturated heterocycles. The first-order valence-corrected chi connectivity index (χ1v) is 7.64. The lowest BCUT2D eigenvalue weighted by Gasteiger charge is -2.33. The second-order valence-corrected chi connectivity index (χ2v) is 6.54. The normalized spacial score (nSPS) is 27.5. The minimum absolute atomic E-state index is 0.0266. The number of carboxylic acids is 1. The van der Waals surface area contributed by atoms with Crippen LogP contribution in [0.3, 0.4) is 0 Å². The summed E-state index contributed by atoms with van der Waals surface area (Å²) < 4.78 is 0. The van der Waals surface area contributed by atoms with Crippen LogP contribution >= 0.6 is 0 Å². The average Bonchev–Trinajstić information content (AvgIpc) is 2.96. The maximum absolute atomic E-state index is 12.8. The van der Waals surface area contributed by atoms with E-state index in [1.807, 2.05) is 20.8 Å². The van der Waals surface area contributed by atoms with Gasteiger partial charge >= 0.3 is 5.97 Å². The number of amides is 2. The average molecular weight is 296 g/mol. The Balaban J connectivity index is 2.13. The number of carboxylic acid groups (broad SMARTS) is 1. The summed E-state index contributed by atoms with van der Waals surface area (Å²) in [4.78, 5) is 39.2. The van der Waals surface area contributed by atoms with E-state index in [1.54, 1.807) is 9.80 Å². The molecule has 0 aromatic carbocycles. The van der Waals surface area contributed by atoms with Crippen molar-refractivity contribution in [3.8, 4) is 0 Å². The summed E-state index contributed by atoms with van der Waals surface area (Å²) in [6.07, 6.45) is 1.30. The molecule has 3 atom stereocenters. The Morgan fingerprint density at radius 2 is 1.95 bits per heavy atom. The van der Waals surface area contributed by atoms with E-state index in [9.17, 15) is 19.5 Å². The first kappa shape index (κ1) is 15.8. The van der Waals surface area contributed by atoms with Crippen molar-refractivity contribution in [1.29, 1.82) is 0 Å². The van der Waals surface area contributed by atoms with Gasteiger partial charge < -0.3 is 14.9 Å². The maximum Gasteiger partial charge on any atom is 0.308 e. The third-order valence-corrected chi connectivity index (χ3v) is 4.57. The summed E-state index contributed by atoms with van der Waals surface area (Å²) in [5.74, 6) is -1.45. The van der Waals surface area contributed by atoms with Crippen molar-refractivity contribution in [2.45, 2.75) is 39.7 Å². The van der Waals surface area contributed by atoms with Crippen LogP contribution < -0.4 is 0 Å². The van der Waals surface area contributed by atoms with Crippen LogP contribution in [0.5, 0.6) is 0 Å². The highest BCUT2D eigenvalue weighted by atomic mass is 16.4. The molecule has 0 spiro atoms. The van der Waals surface area contributed by atoms with Gasteiger partial charge in [0.2, 0.25) is 11.8 Å². The van der Waals surface area contributed by atoms with Gasteiger partial charge in [-0.05, 0) is 18.3 Å². The summed E-state index contributed by atoms with van der Waals surface area (Å²) in [7, 11) is 0. The number of nitrogens with zero attached hydrogens (tertiary/aromatic N) is 2. The SMILES string of the molecule is CC(C)C(C(=O)N1C[C@@H](C)[C@H](C(=O)O)C1)N1CCCC1=O. The molecule has 0 bridgehead atoms. The van der Waals surface area contributed by atoms with Crippen molar-refractivity contribution in [1.82, 2.24) is 9.80 Å². The number of carbonyl (C=O) groups excluding carboxylic acids is 2. The third-order valence-electron chi connectivity index (χ3n) is 4.57. The van der Waals surface area contributed by atoms with E-state index in [2.05, 4.69) is 0 Å². The molecule has 2 aliphatic heterocycles. The van der Waals surface area contributed by atoms with Crippen molar-refractivity contribution in [2.24, 2.45) is 17.8 Å². The smallest absolute Gasteiger partial charge is 0.308 e. The van der Waals surface area contributed by atoms with E-state index in [4.69, 9.17) is 0 Å². The van der Waals surface area contributed by atoms with Gasteiger partial charge in [0.05, 0.1) is 5.92 Å². The van der Waals surface area contributed by atoms with E-state index in [0.717, 1.165) is 6.42 Å². The van der Waals surface area contributed by atoms with Crippen molar-refractivity contribution >= 4 is 17.8 Å². The van der Waals surface area contributed by atoms with E-state index >= 15 is 0 Å². The molecule has 2 rings (SSSR count). The molecule has 2 heterocycles. The summed E-state index contributed by atoms with van der Waals surface area (Å²) in [6, 6.07) is -0.459. The lowest BCUT2D eigenvalue weighted by atomic mass is 9.99. The van der Waals surface area contributed by atoms with Crippen LogP contribution in [0.2, 0.25) is 0 Å². The number of rotatable bonds is 4. The maximum atomic E-state index is 12.8. The second-order valence-electron chi connectivity index (χ2n) is 6.54. The minimum atomic E-state index is -0.851. The Bertz CT molecular complexity index is 449. The summed E-state index contributed by atoms with van der Waals surface area (Å²) in [5.41, 5.74) is 0. The standard InChI is InChI=1S/C15H24N2O4/c1-9(2)13(17-6-4-5-12(17)18)14(19)16-7-10(3)11(8-16)15(20)21/h9-11,13H,4-8H2,1-3H3,(H,20,21)/t10-,11-,13?/m1/s1. The Morgan fingerprint density at radius 3 is 2.38 bits per heavy atom. The van der Waals surface area contributed by atoms with Crippen LogP contribution in [0, 0.1) is 17.8 Å². The monoisotopic (exact) mass is 296 g/mol. The molecule has 6 nitrogen and oxygen atoms in total. The third kappa shape index (κ3) is 3.04. The zero-order valence-electron chi connectivity index (χ0n) is 12.9. The highest BCUT2D eigenvalue weighted by Crippen LogP contribution is 2.27. The quantitative estimate of drug-likeness (QED) is 0.833. The van der Waals surface area contributed by atoms with Gasteiger partial charge in [0, 0.05) is 26.1 Å². The van der Waals surface area contributed by atoms with Crippen molar-refractivity contribution in [2.75, 3.05) is 19.6 Å². The van der Waals surface area contributed by atoms with Gasteiger partial charge in [0.15, 0.2) is 0 Å². The van der Waals surface area contributed by atoms with E-state index in [1.165, 1.54) is 0 Å². The first-order valence-electron chi connectivity index (χ1n) is 7.64. The number of hydrogen-bond acceptors (Lipinski definition) is 3. The predicted molar refractivity (Wildman–Crippen MR) is 76.4 cm³/mol. The van der Waals surface area contributed by atoms with Gasteiger partial charge in [-0.2, -0.15) is 0 Å². The van der Waals surface area contributed by atoms with Crippen LogP contribution in [-0.2, 0) is 14.4 Å². The summed E-state index contributed by atoms with van der Waals surface area (Å²) in [5, 5.41) is 9.18. The Kier molecular flexibility index (Phi) is 4.54. The molecule has 6 heteroatoms. The van der Waals surface area contributed by atoms with Gasteiger partial charge in [-0.25, -0.2) is 0 Å². The van der Waals surface area contributed by atoms with Gasteiger partial charge in [-0.1, -0.05) is 20.8 Å². The highest BCUT2D eigenvalue weighted by molar-refractivity contribution is 5.89. The molecular formula is C15H24N2O4. The molecule has 1 unspecified atom stereocenters. The van der Waals surface area contributed by atoms with E-state index < -0.39 is 17.9 Å². The topological polar surface area (TPSA) is 77.9 Å². The number of carbonyl (C=O) groups is 3. The zero-order chi connectivity index (χ0) is 15.7. The first-order chi connectivity index (χ1) is 9.82. The zero-order valence-corrected chi connectivity index (χ0v) is 12.9. The van der Waals surface area contributed by atoms with Crippen molar-refractivity contribution in [3.63, 3.8) is 0 Å². The summed E-state index contributed by atoms with van der Waals surface area (Å²) >= 11 is 0.